The van der Waals surface area contributed by atoms with Crippen LogP contribution in [-0.2, 0) is 9.59 Å². The molecule has 1 aliphatic heterocycles. The van der Waals surface area contributed by atoms with Crippen molar-refractivity contribution in [1.82, 2.24) is 4.90 Å². The van der Waals surface area contributed by atoms with E-state index in [0.717, 1.165) is 4.90 Å². The van der Waals surface area contributed by atoms with Gasteiger partial charge in [-0.15, -0.1) is 0 Å². The number of imide groups is 1. The van der Waals surface area contributed by atoms with Crippen molar-refractivity contribution in [1.29, 1.82) is 0 Å². The average molecular weight is 279 g/mol. The molecule has 0 aliphatic carbocycles. The maximum atomic E-state index is 11.9. The van der Waals surface area contributed by atoms with Crippen molar-refractivity contribution in [2.45, 2.75) is 12.5 Å². The molecule has 1 aliphatic rings. The van der Waals surface area contributed by atoms with Crippen molar-refractivity contribution in [3.05, 3.63) is 12.1 Å². The van der Waals surface area contributed by atoms with E-state index >= 15 is 0 Å². The number of ether oxygens (including phenoxy) is 2. The lowest BCUT2D eigenvalue weighted by Crippen LogP contribution is -2.32. The highest BCUT2D eigenvalue weighted by atomic mass is 16.5. The Morgan fingerprint density at radius 1 is 1.25 bits per heavy atom. The number of anilines is 2. The number of methoxy groups -OCH3 is 2. The van der Waals surface area contributed by atoms with E-state index in [1.54, 1.807) is 12.1 Å². The summed E-state index contributed by atoms with van der Waals surface area (Å²) in [5, 5.41) is 2.97. The second-order valence-corrected chi connectivity index (χ2v) is 4.49. The Morgan fingerprint density at radius 3 is 2.35 bits per heavy atom. The number of nitrogens with zero attached hydrogens (tertiary/aromatic N) is 1. The number of amides is 2. The number of carbonyl (C=O) groups is 2. The minimum absolute atomic E-state index is 0.114. The molecule has 1 fully saturated rings. The number of likely N-dealkylation sites (N-methyl/N-ethyl adjacent to an activating group) is 1. The van der Waals surface area contributed by atoms with Crippen LogP contribution in [0.2, 0.25) is 0 Å². The van der Waals surface area contributed by atoms with Crippen LogP contribution in [0.4, 0.5) is 11.4 Å². The summed E-state index contributed by atoms with van der Waals surface area (Å²) in [6, 6.07) is 2.64. The van der Waals surface area contributed by atoms with Crippen LogP contribution in [-0.4, -0.2) is 44.0 Å². The second kappa shape index (κ2) is 5.28. The lowest BCUT2D eigenvalue weighted by molar-refractivity contribution is -0.136. The Balaban J connectivity index is 2.26. The second-order valence-electron chi connectivity index (χ2n) is 4.49. The maximum absolute atomic E-state index is 11.9. The number of rotatable bonds is 4. The van der Waals surface area contributed by atoms with Gasteiger partial charge in [0.1, 0.15) is 6.04 Å². The lowest BCUT2D eigenvalue weighted by atomic mass is 10.2. The molecule has 0 aromatic heterocycles. The van der Waals surface area contributed by atoms with E-state index in [1.807, 2.05) is 0 Å². The van der Waals surface area contributed by atoms with Crippen molar-refractivity contribution in [3.8, 4) is 11.5 Å². The van der Waals surface area contributed by atoms with Crippen molar-refractivity contribution in [3.63, 3.8) is 0 Å². The summed E-state index contributed by atoms with van der Waals surface area (Å²) >= 11 is 0. The standard InChI is InChI=1S/C13H17N3O4/c1-16-12(17)6-9(13(16)18)15-8-5-11(20-3)10(19-2)4-7(8)14/h4-5,9,15H,6,14H2,1-3H3. The maximum Gasteiger partial charge on any atom is 0.251 e. The van der Waals surface area contributed by atoms with Crippen LogP contribution >= 0.6 is 0 Å². The van der Waals surface area contributed by atoms with Crippen LogP contribution < -0.4 is 20.5 Å². The van der Waals surface area contributed by atoms with E-state index in [0.29, 0.717) is 22.9 Å². The molecule has 7 heteroatoms. The van der Waals surface area contributed by atoms with Gasteiger partial charge in [0.15, 0.2) is 11.5 Å². The fourth-order valence-corrected chi connectivity index (χ4v) is 2.08. The number of nitrogens with one attached hydrogen (secondary N) is 1. The van der Waals surface area contributed by atoms with Gasteiger partial charge in [0.2, 0.25) is 5.91 Å². The van der Waals surface area contributed by atoms with E-state index in [2.05, 4.69) is 5.32 Å². The summed E-state index contributed by atoms with van der Waals surface area (Å²) in [5.74, 6) is 0.506. The number of likely N-dealkylation sites (tertiary alicyclic amines) is 1. The summed E-state index contributed by atoms with van der Waals surface area (Å²) in [6.07, 6.45) is 0.114. The molecule has 1 saturated heterocycles. The van der Waals surface area contributed by atoms with Gasteiger partial charge in [-0.05, 0) is 0 Å². The molecule has 0 radical (unpaired) electrons. The van der Waals surface area contributed by atoms with Crippen LogP contribution in [0.5, 0.6) is 11.5 Å². The Morgan fingerprint density at radius 2 is 1.85 bits per heavy atom. The van der Waals surface area contributed by atoms with Gasteiger partial charge in [-0.25, -0.2) is 0 Å². The zero-order chi connectivity index (χ0) is 14.9. The molecule has 108 valence electrons. The summed E-state index contributed by atoms with van der Waals surface area (Å²) in [5.41, 5.74) is 6.85. The Bertz CT molecular complexity index is 559. The topological polar surface area (TPSA) is 93.9 Å². The van der Waals surface area contributed by atoms with Gasteiger partial charge in [0.25, 0.3) is 5.91 Å². The highest BCUT2D eigenvalue weighted by molar-refractivity contribution is 6.06. The third-order valence-electron chi connectivity index (χ3n) is 3.27. The van der Waals surface area contributed by atoms with Crippen LogP contribution in [0.25, 0.3) is 0 Å². The molecule has 7 nitrogen and oxygen atoms in total. The summed E-state index contributed by atoms with van der Waals surface area (Å²) in [6.45, 7) is 0. The molecule has 2 amide bonds. The average Bonchev–Trinajstić information content (AvgIpc) is 2.68. The quantitative estimate of drug-likeness (QED) is 0.614. The minimum Gasteiger partial charge on any atom is -0.493 e. The number of hydrogen-bond donors (Lipinski definition) is 2. The van der Waals surface area contributed by atoms with Gasteiger partial charge < -0.3 is 20.5 Å². The Labute approximate surface area is 116 Å². The molecule has 3 N–H and O–H groups in total. The predicted octanol–water partition coefficient (Wildman–Crippen LogP) is 0.455. The van der Waals surface area contributed by atoms with Crippen LogP contribution in [0.1, 0.15) is 6.42 Å². The Kier molecular flexibility index (Phi) is 3.69. The highest BCUT2D eigenvalue weighted by Gasteiger charge is 2.36. The number of benzene rings is 1. The summed E-state index contributed by atoms with van der Waals surface area (Å²) < 4.78 is 10.3. The SMILES string of the molecule is COc1cc(N)c(NC2CC(=O)N(C)C2=O)cc1OC. The molecule has 1 unspecified atom stereocenters. The zero-order valence-corrected chi connectivity index (χ0v) is 11.6. The van der Waals surface area contributed by atoms with E-state index in [9.17, 15) is 9.59 Å². The first-order valence-corrected chi connectivity index (χ1v) is 6.06. The van der Waals surface area contributed by atoms with Crippen LogP contribution in [0.3, 0.4) is 0 Å². The molecule has 1 atom stereocenters. The molecule has 1 aromatic rings. The van der Waals surface area contributed by atoms with Crippen molar-refractivity contribution in [2.24, 2.45) is 0 Å². The normalized spacial score (nSPS) is 18.4. The first kappa shape index (κ1) is 14.0. The largest absolute Gasteiger partial charge is 0.493 e. The van der Waals surface area contributed by atoms with E-state index in [1.165, 1.54) is 21.3 Å². The first-order chi connectivity index (χ1) is 9.47. The van der Waals surface area contributed by atoms with E-state index < -0.39 is 6.04 Å². The van der Waals surface area contributed by atoms with Gasteiger partial charge in [0, 0.05) is 19.2 Å². The number of carbonyl (C=O) groups excluding carboxylic acids is 2. The van der Waals surface area contributed by atoms with Crippen LogP contribution in [0.15, 0.2) is 12.1 Å². The minimum atomic E-state index is -0.604. The smallest absolute Gasteiger partial charge is 0.251 e. The molecular weight excluding hydrogens is 262 g/mol. The van der Waals surface area contributed by atoms with Gasteiger partial charge in [-0.3, -0.25) is 14.5 Å². The fraction of sp³-hybridized carbons (Fsp3) is 0.385. The van der Waals surface area contributed by atoms with Crippen LogP contribution in [0, 0.1) is 0 Å². The van der Waals surface area contributed by atoms with Crippen molar-refractivity contribution < 1.29 is 19.1 Å². The predicted molar refractivity (Wildman–Crippen MR) is 73.8 cm³/mol. The number of nitrogen functional groups attached to an aromatic ring is 1. The lowest BCUT2D eigenvalue weighted by Gasteiger charge is -2.16. The molecular formula is C13H17N3O4. The summed E-state index contributed by atoms with van der Waals surface area (Å²) in [7, 11) is 4.48. The third-order valence-corrected chi connectivity index (χ3v) is 3.27. The molecule has 2 rings (SSSR count). The Hall–Kier alpha value is -2.44. The molecule has 0 bridgehead atoms. The molecule has 20 heavy (non-hydrogen) atoms. The molecule has 1 aromatic carbocycles. The highest BCUT2D eigenvalue weighted by Crippen LogP contribution is 2.35. The fourth-order valence-electron chi connectivity index (χ4n) is 2.08. The monoisotopic (exact) mass is 279 g/mol. The molecule has 0 saturated carbocycles. The van der Waals surface area contributed by atoms with E-state index in [-0.39, 0.29) is 18.2 Å². The van der Waals surface area contributed by atoms with Gasteiger partial charge in [-0.1, -0.05) is 0 Å². The van der Waals surface area contributed by atoms with E-state index in [4.69, 9.17) is 15.2 Å². The summed E-state index contributed by atoms with van der Waals surface area (Å²) in [4.78, 5) is 24.4. The zero-order valence-electron chi connectivity index (χ0n) is 11.6. The third kappa shape index (κ3) is 2.34. The molecule has 0 spiro atoms. The van der Waals surface area contributed by atoms with Crippen molar-refractivity contribution >= 4 is 23.2 Å². The number of nitrogens with two attached hydrogens (primary N) is 1. The first-order valence-electron chi connectivity index (χ1n) is 6.06. The molecule has 1 heterocycles. The van der Waals surface area contributed by atoms with Crippen molar-refractivity contribution in [2.75, 3.05) is 32.3 Å². The van der Waals surface area contributed by atoms with Gasteiger partial charge >= 0.3 is 0 Å². The number of hydrogen-bond acceptors (Lipinski definition) is 6. The van der Waals surface area contributed by atoms with Gasteiger partial charge in [0.05, 0.1) is 32.0 Å². The van der Waals surface area contributed by atoms with Gasteiger partial charge in [-0.2, -0.15) is 0 Å².